The van der Waals surface area contributed by atoms with Gasteiger partial charge < -0.3 is 10.1 Å². The number of ether oxygens (including phenoxy) is 1. The van der Waals surface area contributed by atoms with Crippen molar-refractivity contribution in [1.29, 1.82) is 0 Å². The van der Waals surface area contributed by atoms with Gasteiger partial charge in [-0.3, -0.25) is 4.68 Å². The highest BCUT2D eigenvalue weighted by molar-refractivity contribution is 5.09. The summed E-state index contributed by atoms with van der Waals surface area (Å²) in [6.07, 6.45) is 11.9. The highest BCUT2D eigenvalue weighted by Crippen LogP contribution is 2.54. The molecule has 0 saturated heterocycles. The van der Waals surface area contributed by atoms with Crippen molar-refractivity contribution in [2.24, 2.45) is 5.41 Å². The number of hydrogen-bond donors (Lipinski definition) is 1. The van der Waals surface area contributed by atoms with E-state index in [9.17, 15) is 0 Å². The standard InChI is InChI=1S/C15H26N4O/c1-2-20-14-12-13(15(14)6-3-4-7-15)16-8-5-10-19-11-9-17-18-19/h9,11,13-14,16H,2-8,10,12H2,1H3. The van der Waals surface area contributed by atoms with E-state index in [4.69, 9.17) is 4.74 Å². The van der Waals surface area contributed by atoms with E-state index in [0.717, 1.165) is 26.1 Å². The molecule has 0 radical (unpaired) electrons. The fraction of sp³-hybridized carbons (Fsp3) is 0.867. The molecule has 1 heterocycles. The molecule has 0 aliphatic heterocycles. The van der Waals surface area contributed by atoms with Crippen LogP contribution in [0.2, 0.25) is 0 Å². The molecule has 20 heavy (non-hydrogen) atoms. The molecule has 0 aromatic carbocycles. The average Bonchev–Trinajstić information content (AvgIpc) is 3.12. The monoisotopic (exact) mass is 278 g/mol. The number of aryl methyl sites for hydroxylation is 1. The number of nitrogens with one attached hydrogen (secondary N) is 1. The van der Waals surface area contributed by atoms with Gasteiger partial charge in [-0.1, -0.05) is 18.1 Å². The molecule has 112 valence electrons. The first-order chi connectivity index (χ1) is 9.85. The van der Waals surface area contributed by atoms with Gasteiger partial charge in [0.1, 0.15) is 0 Å². The van der Waals surface area contributed by atoms with Gasteiger partial charge in [-0.05, 0) is 39.2 Å². The van der Waals surface area contributed by atoms with E-state index in [1.165, 1.54) is 32.1 Å². The van der Waals surface area contributed by atoms with Gasteiger partial charge in [0.2, 0.25) is 0 Å². The summed E-state index contributed by atoms with van der Waals surface area (Å²) in [5.74, 6) is 0. The van der Waals surface area contributed by atoms with E-state index in [2.05, 4.69) is 22.6 Å². The molecule has 1 aromatic heterocycles. The minimum Gasteiger partial charge on any atom is -0.378 e. The van der Waals surface area contributed by atoms with Crippen LogP contribution in [0.15, 0.2) is 12.4 Å². The molecule has 2 aliphatic rings. The van der Waals surface area contributed by atoms with Crippen LogP contribution in [-0.4, -0.2) is 40.3 Å². The normalized spacial score (nSPS) is 27.9. The third-order valence-corrected chi connectivity index (χ3v) is 5.11. The van der Waals surface area contributed by atoms with Crippen LogP contribution in [0.5, 0.6) is 0 Å². The summed E-state index contributed by atoms with van der Waals surface area (Å²) in [4.78, 5) is 0. The van der Waals surface area contributed by atoms with Crippen molar-refractivity contribution < 1.29 is 4.74 Å². The second-order valence-corrected chi connectivity index (χ2v) is 6.15. The van der Waals surface area contributed by atoms with Crippen molar-refractivity contribution in [1.82, 2.24) is 20.3 Å². The first kappa shape index (κ1) is 14.0. The zero-order chi connectivity index (χ0) is 13.8. The van der Waals surface area contributed by atoms with Crippen LogP contribution in [0.25, 0.3) is 0 Å². The highest BCUT2D eigenvalue weighted by atomic mass is 16.5. The Morgan fingerprint density at radius 3 is 2.95 bits per heavy atom. The van der Waals surface area contributed by atoms with Crippen molar-refractivity contribution in [2.45, 2.75) is 64.1 Å². The van der Waals surface area contributed by atoms with E-state index in [1.807, 2.05) is 10.9 Å². The third kappa shape index (κ3) is 2.61. The predicted molar refractivity (Wildman–Crippen MR) is 77.4 cm³/mol. The van der Waals surface area contributed by atoms with Crippen LogP contribution in [-0.2, 0) is 11.3 Å². The number of hydrogen-bond acceptors (Lipinski definition) is 4. The Labute approximate surface area is 121 Å². The van der Waals surface area contributed by atoms with Crippen LogP contribution >= 0.6 is 0 Å². The third-order valence-electron chi connectivity index (χ3n) is 5.11. The highest BCUT2D eigenvalue weighted by Gasteiger charge is 2.56. The van der Waals surface area contributed by atoms with E-state index in [1.54, 1.807) is 6.20 Å². The van der Waals surface area contributed by atoms with Crippen molar-refractivity contribution >= 4 is 0 Å². The van der Waals surface area contributed by atoms with Crippen molar-refractivity contribution in [3.8, 4) is 0 Å². The molecule has 1 spiro atoms. The van der Waals surface area contributed by atoms with Gasteiger partial charge in [0.05, 0.1) is 12.3 Å². The van der Waals surface area contributed by atoms with Gasteiger partial charge in [0.15, 0.2) is 0 Å². The van der Waals surface area contributed by atoms with Gasteiger partial charge in [-0.2, -0.15) is 0 Å². The molecule has 0 amide bonds. The van der Waals surface area contributed by atoms with Gasteiger partial charge in [-0.15, -0.1) is 5.10 Å². The molecule has 1 N–H and O–H groups in total. The Bertz CT molecular complexity index is 400. The molecule has 2 unspecified atom stereocenters. The molecule has 5 nitrogen and oxygen atoms in total. The quantitative estimate of drug-likeness (QED) is 0.775. The van der Waals surface area contributed by atoms with Crippen LogP contribution in [0, 0.1) is 5.41 Å². The SMILES string of the molecule is CCOC1CC(NCCCn2ccnn2)C12CCCC2. The molecule has 1 aromatic rings. The van der Waals surface area contributed by atoms with Crippen LogP contribution < -0.4 is 5.32 Å². The number of aromatic nitrogens is 3. The molecule has 2 atom stereocenters. The Kier molecular flexibility index (Phi) is 4.36. The summed E-state index contributed by atoms with van der Waals surface area (Å²) >= 11 is 0. The molecular formula is C15H26N4O. The maximum atomic E-state index is 5.95. The van der Waals surface area contributed by atoms with Gasteiger partial charge in [0, 0.05) is 30.8 Å². The van der Waals surface area contributed by atoms with Crippen molar-refractivity contribution in [2.75, 3.05) is 13.2 Å². The summed E-state index contributed by atoms with van der Waals surface area (Å²) in [5.41, 5.74) is 0.448. The van der Waals surface area contributed by atoms with E-state index in [-0.39, 0.29) is 0 Å². The first-order valence-corrected chi connectivity index (χ1v) is 8.04. The van der Waals surface area contributed by atoms with E-state index >= 15 is 0 Å². The van der Waals surface area contributed by atoms with Gasteiger partial charge in [-0.25, -0.2) is 0 Å². The van der Waals surface area contributed by atoms with Gasteiger partial charge >= 0.3 is 0 Å². The van der Waals surface area contributed by atoms with Crippen molar-refractivity contribution in [3.05, 3.63) is 12.4 Å². The fourth-order valence-corrected chi connectivity index (χ4v) is 4.04. The van der Waals surface area contributed by atoms with Crippen molar-refractivity contribution in [3.63, 3.8) is 0 Å². The minimum atomic E-state index is 0.448. The summed E-state index contributed by atoms with van der Waals surface area (Å²) in [7, 11) is 0. The molecule has 0 bridgehead atoms. The summed E-state index contributed by atoms with van der Waals surface area (Å²) in [5, 5.41) is 11.6. The first-order valence-electron chi connectivity index (χ1n) is 8.04. The smallest absolute Gasteiger partial charge is 0.0692 e. The van der Waals surface area contributed by atoms with E-state index < -0.39 is 0 Å². The lowest BCUT2D eigenvalue weighted by Gasteiger charge is -2.54. The summed E-state index contributed by atoms with van der Waals surface area (Å²) in [6.45, 7) is 4.97. The fourth-order valence-electron chi connectivity index (χ4n) is 4.04. The molecule has 3 rings (SSSR count). The zero-order valence-corrected chi connectivity index (χ0v) is 12.4. The summed E-state index contributed by atoms with van der Waals surface area (Å²) in [6, 6.07) is 0.664. The maximum absolute atomic E-state index is 5.95. The second-order valence-electron chi connectivity index (χ2n) is 6.15. The molecular weight excluding hydrogens is 252 g/mol. The molecule has 2 saturated carbocycles. The maximum Gasteiger partial charge on any atom is 0.0692 e. The Balaban J connectivity index is 1.43. The lowest BCUT2D eigenvalue weighted by molar-refractivity contribution is -0.130. The lowest BCUT2D eigenvalue weighted by atomic mass is 9.60. The number of rotatable bonds is 7. The predicted octanol–water partition coefficient (Wildman–Crippen LogP) is 2.00. The zero-order valence-electron chi connectivity index (χ0n) is 12.4. The van der Waals surface area contributed by atoms with Crippen LogP contribution in [0.4, 0.5) is 0 Å². The minimum absolute atomic E-state index is 0.448. The largest absolute Gasteiger partial charge is 0.378 e. The topological polar surface area (TPSA) is 52.0 Å². The van der Waals surface area contributed by atoms with E-state index in [0.29, 0.717) is 17.6 Å². The Morgan fingerprint density at radius 2 is 2.25 bits per heavy atom. The summed E-state index contributed by atoms with van der Waals surface area (Å²) < 4.78 is 7.85. The van der Waals surface area contributed by atoms with Crippen LogP contribution in [0.1, 0.15) is 45.4 Å². The molecule has 2 aliphatic carbocycles. The van der Waals surface area contributed by atoms with Crippen LogP contribution in [0.3, 0.4) is 0 Å². The Morgan fingerprint density at radius 1 is 1.40 bits per heavy atom. The number of nitrogens with zero attached hydrogens (tertiary/aromatic N) is 3. The lowest BCUT2D eigenvalue weighted by Crippen LogP contribution is -2.62. The van der Waals surface area contributed by atoms with Gasteiger partial charge in [0.25, 0.3) is 0 Å². The second kappa shape index (κ2) is 6.22. The average molecular weight is 278 g/mol. The Hall–Kier alpha value is -0.940. The molecule has 2 fully saturated rings. The molecule has 5 heteroatoms.